The van der Waals surface area contributed by atoms with Crippen LogP contribution in [0.25, 0.3) is 0 Å². The SMILES string of the molecule is CCCN(CCC)c1ccc(I)cc1Cl. The minimum absolute atomic E-state index is 0.865. The summed E-state index contributed by atoms with van der Waals surface area (Å²) in [5.74, 6) is 0. The van der Waals surface area contributed by atoms with Gasteiger partial charge in [-0.05, 0) is 53.6 Å². The van der Waals surface area contributed by atoms with Crippen molar-refractivity contribution in [3.8, 4) is 0 Å². The number of hydrogen-bond donors (Lipinski definition) is 0. The summed E-state index contributed by atoms with van der Waals surface area (Å²) in [5.41, 5.74) is 1.17. The van der Waals surface area contributed by atoms with Crippen LogP contribution in [0.1, 0.15) is 26.7 Å². The lowest BCUT2D eigenvalue weighted by Crippen LogP contribution is -2.25. The largest absolute Gasteiger partial charge is 0.370 e. The number of rotatable bonds is 5. The molecule has 1 aromatic carbocycles. The fraction of sp³-hybridized carbons (Fsp3) is 0.500. The number of halogens is 2. The third-order valence-corrected chi connectivity index (χ3v) is 3.21. The molecule has 84 valence electrons. The highest BCUT2D eigenvalue weighted by Crippen LogP contribution is 2.27. The van der Waals surface area contributed by atoms with Gasteiger partial charge in [-0.1, -0.05) is 25.4 Å². The van der Waals surface area contributed by atoms with Crippen LogP contribution in [-0.4, -0.2) is 13.1 Å². The van der Waals surface area contributed by atoms with Gasteiger partial charge in [0.05, 0.1) is 10.7 Å². The highest BCUT2D eigenvalue weighted by atomic mass is 127. The van der Waals surface area contributed by atoms with Gasteiger partial charge in [-0.25, -0.2) is 0 Å². The van der Waals surface area contributed by atoms with Crippen LogP contribution in [0.5, 0.6) is 0 Å². The van der Waals surface area contributed by atoms with E-state index in [0.717, 1.165) is 31.0 Å². The van der Waals surface area contributed by atoms with E-state index in [1.165, 1.54) is 9.26 Å². The van der Waals surface area contributed by atoms with Gasteiger partial charge in [0, 0.05) is 16.7 Å². The standard InChI is InChI=1S/C12H17ClIN/c1-3-7-15(8-4-2)12-6-5-10(14)9-11(12)13/h5-6,9H,3-4,7-8H2,1-2H3. The highest BCUT2D eigenvalue weighted by molar-refractivity contribution is 14.1. The molecule has 3 heteroatoms. The minimum atomic E-state index is 0.865. The fourth-order valence-electron chi connectivity index (χ4n) is 1.63. The Morgan fingerprint density at radius 3 is 2.27 bits per heavy atom. The summed E-state index contributed by atoms with van der Waals surface area (Å²) in [7, 11) is 0. The lowest BCUT2D eigenvalue weighted by atomic mass is 10.2. The van der Waals surface area contributed by atoms with Crippen LogP contribution >= 0.6 is 34.2 Å². The van der Waals surface area contributed by atoms with Gasteiger partial charge in [0.25, 0.3) is 0 Å². The first kappa shape index (κ1) is 13.1. The van der Waals surface area contributed by atoms with E-state index in [1.807, 2.05) is 6.07 Å². The van der Waals surface area contributed by atoms with Crippen molar-refractivity contribution in [1.82, 2.24) is 0 Å². The first-order chi connectivity index (χ1) is 7.19. The van der Waals surface area contributed by atoms with Crippen LogP contribution < -0.4 is 4.90 Å². The van der Waals surface area contributed by atoms with Gasteiger partial charge < -0.3 is 4.90 Å². The number of anilines is 1. The zero-order valence-corrected chi connectivity index (χ0v) is 12.2. The predicted octanol–water partition coefficient (Wildman–Crippen LogP) is 4.57. The Labute approximate surface area is 111 Å². The average Bonchev–Trinajstić information content (AvgIpc) is 2.17. The topological polar surface area (TPSA) is 3.24 Å². The van der Waals surface area contributed by atoms with E-state index >= 15 is 0 Å². The molecule has 0 amide bonds. The van der Waals surface area contributed by atoms with Gasteiger partial charge in [-0.15, -0.1) is 0 Å². The molecule has 1 rings (SSSR count). The summed E-state index contributed by atoms with van der Waals surface area (Å²) in [6.07, 6.45) is 2.31. The summed E-state index contributed by atoms with van der Waals surface area (Å²) < 4.78 is 1.19. The van der Waals surface area contributed by atoms with E-state index in [9.17, 15) is 0 Å². The van der Waals surface area contributed by atoms with E-state index < -0.39 is 0 Å². The van der Waals surface area contributed by atoms with Crippen molar-refractivity contribution in [2.45, 2.75) is 26.7 Å². The number of nitrogens with zero attached hydrogens (tertiary/aromatic N) is 1. The van der Waals surface area contributed by atoms with Crippen LogP contribution in [0, 0.1) is 3.57 Å². The molecular formula is C12H17ClIN. The molecule has 0 aliphatic rings. The lowest BCUT2D eigenvalue weighted by molar-refractivity contribution is 0.745. The molecule has 0 aliphatic heterocycles. The molecule has 0 unspecified atom stereocenters. The molecule has 0 saturated heterocycles. The molecule has 0 atom stereocenters. The number of benzene rings is 1. The summed E-state index contributed by atoms with van der Waals surface area (Å²) in [5, 5.41) is 0.865. The second-order valence-electron chi connectivity index (χ2n) is 3.58. The minimum Gasteiger partial charge on any atom is -0.370 e. The van der Waals surface area contributed by atoms with E-state index in [4.69, 9.17) is 11.6 Å². The van der Waals surface area contributed by atoms with Crippen molar-refractivity contribution >= 4 is 39.9 Å². The normalized spacial score (nSPS) is 10.4. The molecule has 0 fully saturated rings. The van der Waals surface area contributed by atoms with Crippen LogP contribution in [-0.2, 0) is 0 Å². The molecule has 0 N–H and O–H groups in total. The zero-order valence-electron chi connectivity index (χ0n) is 9.26. The average molecular weight is 338 g/mol. The second kappa shape index (κ2) is 6.59. The van der Waals surface area contributed by atoms with Gasteiger partial charge in [0.2, 0.25) is 0 Å². The molecule has 0 radical (unpaired) electrons. The Balaban J connectivity index is 2.89. The molecule has 1 aromatic rings. The third kappa shape index (κ3) is 3.83. The maximum Gasteiger partial charge on any atom is 0.0650 e. The van der Waals surface area contributed by atoms with Gasteiger partial charge >= 0.3 is 0 Å². The fourth-order valence-corrected chi connectivity index (χ4v) is 2.61. The Morgan fingerprint density at radius 1 is 1.20 bits per heavy atom. The first-order valence-electron chi connectivity index (χ1n) is 5.39. The van der Waals surface area contributed by atoms with Crippen LogP contribution in [0.3, 0.4) is 0 Å². The van der Waals surface area contributed by atoms with Crippen LogP contribution in [0.15, 0.2) is 18.2 Å². The van der Waals surface area contributed by atoms with Crippen molar-refractivity contribution < 1.29 is 0 Å². The van der Waals surface area contributed by atoms with E-state index in [-0.39, 0.29) is 0 Å². The van der Waals surface area contributed by atoms with E-state index in [2.05, 4.69) is 53.5 Å². The quantitative estimate of drug-likeness (QED) is 0.711. The van der Waals surface area contributed by atoms with Crippen molar-refractivity contribution in [3.63, 3.8) is 0 Å². The summed E-state index contributed by atoms with van der Waals surface area (Å²) in [6.45, 7) is 6.55. The summed E-state index contributed by atoms with van der Waals surface area (Å²) in [4.78, 5) is 2.36. The van der Waals surface area contributed by atoms with E-state index in [0.29, 0.717) is 0 Å². The van der Waals surface area contributed by atoms with Gasteiger partial charge in [-0.3, -0.25) is 0 Å². The maximum atomic E-state index is 6.25. The zero-order chi connectivity index (χ0) is 11.3. The third-order valence-electron chi connectivity index (χ3n) is 2.24. The van der Waals surface area contributed by atoms with Crippen molar-refractivity contribution in [2.75, 3.05) is 18.0 Å². The number of hydrogen-bond acceptors (Lipinski definition) is 1. The summed E-state index contributed by atoms with van der Waals surface area (Å²) >= 11 is 8.53. The van der Waals surface area contributed by atoms with E-state index in [1.54, 1.807) is 0 Å². The maximum absolute atomic E-state index is 6.25. The summed E-state index contributed by atoms with van der Waals surface area (Å²) in [6, 6.07) is 6.26. The molecule has 0 saturated carbocycles. The molecule has 0 heterocycles. The molecular weight excluding hydrogens is 320 g/mol. The Bertz CT molecular complexity index is 308. The van der Waals surface area contributed by atoms with Gasteiger partial charge in [0.15, 0.2) is 0 Å². The monoisotopic (exact) mass is 337 g/mol. The Morgan fingerprint density at radius 2 is 1.80 bits per heavy atom. The van der Waals surface area contributed by atoms with Crippen molar-refractivity contribution in [1.29, 1.82) is 0 Å². The molecule has 0 aliphatic carbocycles. The molecule has 0 bridgehead atoms. The molecule has 1 nitrogen and oxygen atoms in total. The van der Waals surface area contributed by atoms with Crippen LogP contribution in [0.4, 0.5) is 5.69 Å². The lowest BCUT2D eigenvalue weighted by Gasteiger charge is -2.24. The predicted molar refractivity (Wildman–Crippen MR) is 77.0 cm³/mol. The van der Waals surface area contributed by atoms with Gasteiger partial charge in [-0.2, -0.15) is 0 Å². The van der Waals surface area contributed by atoms with Crippen molar-refractivity contribution in [3.05, 3.63) is 26.8 Å². The molecule has 0 spiro atoms. The second-order valence-corrected chi connectivity index (χ2v) is 5.24. The Hall–Kier alpha value is 0.0400. The molecule has 0 aromatic heterocycles. The first-order valence-corrected chi connectivity index (χ1v) is 6.84. The van der Waals surface area contributed by atoms with Crippen LogP contribution in [0.2, 0.25) is 5.02 Å². The molecule has 15 heavy (non-hydrogen) atoms. The smallest absolute Gasteiger partial charge is 0.0650 e. The van der Waals surface area contributed by atoms with Gasteiger partial charge in [0.1, 0.15) is 0 Å². The van der Waals surface area contributed by atoms with Crippen molar-refractivity contribution in [2.24, 2.45) is 0 Å². The highest BCUT2D eigenvalue weighted by Gasteiger charge is 2.08. The Kier molecular flexibility index (Phi) is 5.75.